The number of rotatable bonds is 6. The Bertz CT molecular complexity index is 340. The van der Waals surface area contributed by atoms with E-state index in [2.05, 4.69) is 24.0 Å². The molecule has 1 aliphatic carbocycles. The van der Waals surface area contributed by atoms with Crippen LogP contribution >= 0.6 is 11.6 Å². The van der Waals surface area contributed by atoms with Gasteiger partial charge in [-0.2, -0.15) is 0 Å². The van der Waals surface area contributed by atoms with Crippen LogP contribution in [0, 0.1) is 5.92 Å². The van der Waals surface area contributed by atoms with Crippen molar-refractivity contribution in [3.63, 3.8) is 0 Å². The van der Waals surface area contributed by atoms with Crippen molar-refractivity contribution in [3.05, 3.63) is 47.5 Å². The van der Waals surface area contributed by atoms with Gasteiger partial charge in [-0.3, -0.25) is 0 Å². The minimum atomic E-state index is 0.497. The van der Waals surface area contributed by atoms with Crippen LogP contribution in [0.4, 0.5) is 0 Å². The Morgan fingerprint density at radius 3 is 2.62 bits per heavy atom. The number of hydrogen-bond acceptors (Lipinski definition) is 1. The van der Waals surface area contributed by atoms with Crippen LogP contribution in [-0.2, 0) is 0 Å². The molecule has 0 saturated heterocycles. The van der Waals surface area contributed by atoms with E-state index < -0.39 is 0 Å². The fourth-order valence-corrected chi connectivity index (χ4v) is 2.12. The SMILES string of the molecule is C=CCCNC(c1ccc(Cl)cc1)C1CC1. The highest BCUT2D eigenvalue weighted by Crippen LogP contribution is 2.41. The monoisotopic (exact) mass is 235 g/mol. The van der Waals surface area contributed by atoms with Gasteiger partial charge in [0.1, 0.15) is 0 Å². The number of benzene rings is 1. The minimum Gasteiger partial charge on any atom is -0.309 e. The third kappa shape index (κ3) is 3.10. The molecule has 0 bridgehead atoms. The molecule has 1 aromatic carbocycles. The first-order valence-corrected chi connectivity index (χ1v) is 6.29. The molecule has 86 valence electrons. The van der Waals surface area contributed by atoms with Crippen molar-refractivity contribution < 1.29 is 0 Å². The minimum absolute atomic E-state index is 0.497. The predicted molar refractivity (Wildman–Crippen MR) is 69.7 cm³/mol. The fraction of sp³-hybridized carbons (Fsp3) is 0.429. The Morgan fingerprint density at radius 2 is 2.06 bits per heavy atom. The van der Waals surface area contributed by atoms with Gasteiger partial charge in [-0.25, -0.2) is 0 Å². The molecule has 0 spiro atoms. The molecule has 2 rings (SSSR count). The van der Waals surface area contributed by atoms with Crippen molar-refractivity contribution in [2.75, 3.05) is 6.54 Å². The average molecular weight is 236 g/mol. The molecule has 0 radical (unpaired) electrons. The second-order valence-electron chi connectivity index (χ2n) is 4.40. The van der Waals surface area contributed by atoms with Gasteiger partial charge < -0.3 is 5.32 Å². The molecular formula is C14H18ClN. The first-order valence-electron chi connectivity index (χ1n) is 5.91. The van der Waals surface area contributed by atoms with Gasteiger partial charge in [0, 0.05) is 11.1 Å². The average Bonchev–Trinajstić information content (AvgIpc) is 3.10. The molecular weight excluding hydrogens is 218 g/mol. The summed E-state index contributed by atoms with van der Waals surface area (Å²) in [5.74, 6) is 0.811. The van der Waals surface area contributed by atoms with Crippen LogP contribution < -0.4 is 5.32 Å². The van der Waals surface area contributed by atoms with Gasteiger partial charge in [0.05, 0.1) is 0 Å². The first kappa shape index (κ1) is 11.7. The largest absolute Gasteiger partial charge is 0.309 e. The second kappa shape index (κ2) is 5.51. The molecule has 1 nitrogen and oxygen atoms in total. The summed E-state index contributed by atoms with van der Waals surface area (Å²) in [4.78, 5) is 0. The van der Waals surface area contributed by atoms with Crippen LogP contribution in [0.5, 0.6) is 0 Å². The predicted octanol–water partition coefficient (Wildman–Crippen LogP) is 3.96. The van der Waals surface area contributed by atoms with Crippen LogP contribution in [0.25, 0.3) is 0 Å². The van der Waals surface area contributed by atoms with Crippen LogP contribution in [0.3, 0.4) is 0 Å². The Balaban J connectivity index is 2.00. The molecule has 2 heteroatoms. The highest BCUT2D eigenvalue weighted by molar-refractivity contribution is 6.30. The maximum absolute atomic E-state index is 5.90. The number of nitrogens with one attached hydrogen (secondary N) is 1. The lowest BCUT2D eigenvalue weighted by molar-refractivity contribution is 0.487. The topological polar surface area (TPSA) is 12.0 Å². The standard InChI is InChI=1S/C14H18ClN/c1-2-3-10-16-14(11-4-5-11)12-6-8-13(15)9-7-12/h2,6-9,11,14,16H,1,3-5,10H2. The molecule has 1 atom stereocenters. The summed E-state index contributed by atoms with van der Waals surface area (Å²) in [5.41, 5.74) is 1.36. The van der Waals surface area contributed by atoms with E-state index >= 15 is 0 Å². The summed E-state index contributed by atoms with van der Waals surface area (Å²) in [7, 11) is 0. The molecule has 0 heterocycles. The maximum atomic E-state index is 5.90. The van der Waals surface area contributed by atoms with E-state index in [4.69, 9.17) is 11.6 Å². The van der Waals surface area contributed by atoms with E-state index in [0.29, 0.717) is 6.04 Å². The molecule has 0 aliphatic heterocycles. The molecule has 1 fully saturated rings. The third-order valence-corrected chi connectivity index (χ3v) is 3.29. The summed E-state index contributed by atoms with van der Waals surface area (Å²) < 4.78 is 0. The molecule has 1 aliphatic rings. The molecule has 1 aromatic rings. The number of halogens is 1. The number of hydrogen-bond donors (Lipinski definition) is 1. The zero-order valence-corrected chi connectivity index (χ0v) is 10.2. The van der Waals surface area contributed by atoms with Crippen LogP contribution in [0.15, 0.2) is 36.9 Å². The highest BCUT2D eigenvalue weighted by atomic mass is 35.5. The summed E-state index contributed by atoms with van der Waals surface area (Å²) >= 11 is 5.90. The fourth-order valence-electron chi connectivity index (χ4n) is 2.00. The molecule has 1 N–H and O–H groups in total. The van der Waals surface area contributed by atoms with Crippen LogP contribution in [-0.4, -0.2) is 6.54 Å². The van der Waals surface area contributed by atoms with Gasteiger partial charge in [0.15, 0.2) is 0 Å². The maximum Gasteiger partial charge on any atom is 0.0406 e. The van der Waals surface area contributed by atoms with Gasteiger partial charge in [-0.05, 0) is 49.4 Å². The van der Waals surface area contributed by atoms with E-state index in [1.54, 1.807) is 0 Å². The molecule has 0 amide bonds. The summed E-state index contributed by atoms with van der Waals surface area (Å²) in [6.45, 7) is 4.75. The van der Waals surface area contributed by atoms with Gasteiger partial charge >= 0.3 is 0 Å². The summed E-state index contributed by atoms with van der Waals surface area (Å²) in [6, 6.07) is 8.71. The molecule has 1 saturated carbocycles. The third-order valence-electron chi connectivity index (χ3n) is 3.04. The van der Waals surface area contributed by atoms with Crippen molar-refractivity contribution in [1.29, 1.82) is 0 Å². The summed E-state index contributed by atoms with van der Waals surface area (Å²) in [5, 5.41) is 4.41. The molecule has 1 unspecified atom stereocenters. The van der Waals surface area contributed by atoms with Crippen molar-refractivity contribution in [2.24, 2.45) is 5.92 Å². The Kier molecular flexibility index (Phi) is 4.03. The van der Waals surface area contributed by atoms with E-state index in [1.807, 2.05) is 18.2 Å². The van der Waals surface area contributed by atoms with E-state index in [0.717, 1.165) is 23.9 Å². The van der Waals surface area contributed by atoms with Gasteiger partial charge in [-0.15, -0.1) is 6.58 Å². The van der Waals surface area contributed by atoms with Gasteiger partial charge in [0.2, 0.25) is 0 Å². The second-order valence-corrected chi connectivity index (χ2v) is 4.83. The lowest BCUT2D eigenvalue weighted by Gasteiger charge is -2.18. The van der Waals surface area contributed by atoms with E-state index in [1.165, 1.54) is 18.4 Å². The first-order chi connectivity index (χ1) is 7.81. The van der Waals surface area contributed by atoms with Crippen molar-refractivity contribution in [1.82, 2.24) is 5.32 Å². The van der Waals surface area contributed by atoms with Crippen LogP contribution in [0.1, 0.15) is 30.9 Å². The Hall–Kier alpha value is -0.790. The van der Waals surface area contributed by atoms with E-state index in [-0.39, 0.29) is 0 Å². The zero-order chi connectivity index (χ0) is 11.4. The van der Waals surface area contributed by atoms with Crippen molar-refractivity contribution in [2.45, 2.75) is 25.3 Å². The van der Waals surface area contributed by atoms with Gasteiger partial charge in [-0.1, -0.05) is 29.8 Å². The lowest BCUT2D eigenvalue weighted by atomic mass is 10.0. The molecule has 0 aromatic heterocycles. The smallest absolute Gasteiger partial charge is 0.0406 e. The molecule has 16 heavy (non-hydrogen) atoms. The Morgan fingerprint density at radius 1 is 1.38 bits per heavy atom. The van der Waals surface area contributed by atoms with Crippen molar-refractivity contribution in [3.8, 4) is 0 Å². The Labute approximate surface area is 103 Å². The summed E-state index contributed by atoms with van der Waals surface area (Å²) in [6.07, 6.45) is 5.67. The highest BCUT2D eigenvalue weighted by Gasteiger charge is 2.31. The van der Waals surface area contributed by atoms with Crippen molar-refractivity contribution >= 4 is 11.6 Å². The zero-order valence-electron chi connectivity index (χ0n) is 9.45. The quantitative estimate of drug-likeness (QED) is 0.582. The lowest BCUT2D eigenvalue weighted by Crippen LogP contribution is -2.23. The normalized spacial score (nSPS) is 17.1. The van der Waals surface area contributed by atoms with Crippen LogP contribution in [0.2, 0.25) is 5.02 Å². The van der Waals surface area contributed by atoms with E-state index in [9.17, 15) is 0 Å². The van der Waals surface area contributed by atoms with Gasteiger partial charge in [0.25, 0.3) is 0 Å².